The molecule has 1 heterocycles. The van der Waals surface area contributed by atoms with E-state index in [4.69, 9.17) is 0 Å². The molecule has 21 heavy (non-hydrogen) atoms. The summed E-state index contributed by atoms with van der Waals surface area (Å²) in [6, 6.07) is 0.581. The van der Waals surface area contributed by atoms with Gasteiger partial charge >= 0.3 is 0 Å². The molecule has 0 fully saturated rings. The number of rotatable bonds is 9. The van der Waals surface area contributed by atoms with Crippen molar-refractivity contribution < 1.29 is 0 Å². The monoisotopic (exact) mass is 294 g/mol. The number of anilines is 1. The first-order chi connectivity index (χ1) is 9.91. The predicted octanol–water partition coefficient (Wildman–Crippen LogP) is 2.43. The van der Waals surface area contributed by atoms with Gasteiger partial charge in [-0.1, -0.05) is 13.8 Å². The minimum Gasteiger partial charge on any atom is -0.365 e. The zero-order chi connectivity index (χ0) is 15.8. The molecule has 0 unspecified atom stereocenters. The molecule has 5 nitrogen and oxygen atoms in total. The maximum Gasteiger partial charge on any atom is 0.293 e. The van der Waals surface area contributed by atoms with Gasteiger partial charge in [0.2, 0.25) is 0 Å². The average Bonchev–Trinajstić information content (AvgIpc) is 2.41. The number of nitrogens with zero attached hydrogens (tertiary/aromatic N) is 3. The average molecular weight is 294 g/mol. The zero-order valence-corrected chi connectivity index (χ0v) is 14.1. The zero-order valence-electron chi connectivity index (χ0n) is 14.1. The molecule has 0 saturated carbocycles. The summed E-state index contributed by atoms with van der Waals surface area (Å²) in [7, 11) is 2.14. The molecule has 1 N–H and O–H groups in total. The Morgan fingerprint density at radius 1 is 1.29 bits per heavy atom. The van der Waals surface area contributed by atoms with Crippen molar-refractivity contribution in [3.63, 3.8) is 0 Å². The fourth-order valence-corrected chi connectivity index (χ4v) is 2.06. The van der Waals surface area contributed by atoms with Gasteiger partial charge in [0, 0.05) is 31.5 Å². The molecule has 1 rings (SSSR count). The quantitative estimate of drug-likeness (QED) is 0.711. The summed E-state index contributed by atoms with van der Waals surface area (Å²) < 4.78 is 1.73. The number of aromatic nitrogens is 2. The number of hydrogen-bond acceptors (Lipinski definition) is 4. The van der Waals surface area contributed by atoms with E-state index in [9.17, 15) is 4.79 Å². The highest BCUT2D eigenvalue weighted by atomic mass is 16.1. The van der Waals surface area contributed by atoms with E-state index in [2.05, 4.69) is 49.9 Å². The highest BCUT2D eigenvalue weighted by Crippen LogP contribution is 2.01. The van der Waals surface area contributed by atoms with Crippen molar-refractivity contribution in [1.29, 1.82) is 0 Å². The van der Waals surface area contributed by atoms with E-state index < -0.39 is 0 Å². The summed E-state index contributed by atoms with van der Waals surface area (Å²) >= 11 is 0. The van der Waals surface area contributed by atoms with Crippen molar-refractivity contribution in [1.82, 2.24) is 14.5 Å². The van der Waals surface area contributed by atoms with Crippen molar-refractivity contribution in [2.45, 2.75) is 53.1 Å². The molecule has 5 heteroatoms. The maximum atomic E-state index is 12.2. The molecule has 120 valence electrons. The van der Waals surface area contributed by atoms with Crippen LogP contribution in [0, 0.1) is 5.92 Å². The molecule has 1 aromatic heterocycles. The van der Waals surface area contributed by atoms with Gasteiger partial charge in [-0.2, -0.15) is 0 Å². The summed E-state index contributed by atoms with van der Waals surface area (Å²) in [5, 5.41) is 3.17. The number of unbranched alkanes of at least 4 members (excludes halogenated alkanes) is 1. The van der Waals surface area contributed by atoms with Gasteiger partial charge in [0.1, 0.15) is 0 Å². The first-order valence-corrected chi connectivity index (χ1v) is 7.91. The van der Waals surface area contributed by atoms with E-state index in [1.165, 1.54) is 0 Å². The van der Waals surface area contributed by atoms with E-state index in [1.54, 1.807) is 17.0 Å². The van der Waals surface area contributed by atoms with E-state index >= 15 is 0 Å². The smallest absolute Gasteiger partial charge is 0.293 e. The Kier molecular flexibility index (Phi) is 7.43. The molecule has 0 saturated heterocycles. The van der Waals surface area contributed by atoms with Crippen molar-refractivity contribution in [2.24, 2.45) is 5.92 Å². The molecule has 0 aliphatic rings. The lowest BCUT2D eigenvalue weighted by Crippen LogP contribution is -2.28. The normalized spacial score (nSPS) is 11.6. The van der Waals surface area contributed by atoms with Crippen molar-refractivity contribution in [3.8, 4) is 0 Å². The fourth-order valence-electron chi connectivity index (χ4n) is 2.06. The van der Waals surface area contributed by atoms with Crippen molar-refractivity contribution in [3.05, 3.63) is 22.7 Å². The van der Waals surface area contributed by atoms with Crippen LogP contribution in [0.3, 0.4) is 0 Å². The third-order valence-electron chi connectivity index (χ3n) is 3.59. The largest absolute Gasteiger partial charge is 0.365 e. The first kappa shape index (κ1) is 17.7. The highest BCUT2D eigenvalue weighted by molar-refractivity contribution is 5.30. The molecule has 0 atom stereocenters. The molecule has 0 bridgehead atoms. The minimum absolute atomic E-state index is 0.0227. The molecule has 0 spiro atoms. The Morgan fingerprint density at radius 3 is 2.62 bits per heavy atom. The molecule has 0 aromatic carbocycles. The minimum atomic E-state index is -0.0227. The van der Waals surface area contributed by atoms with Crippen LogP contribution in [-0.2, 0) is 6.54 Å². The van der Waals surface area contributed by atoms with E-state index in [1.807, 2.05) is 0 Å². The summed E-state index contributed by atoms with van der Waals surface area (Å²) in [6.07, 6.45) is 5.61. The Labute approximate surface area is 128 Å². The molecule has 0 radical (unpaired) electrons. The van der Waals surface area contributed by atoms with Crippen LogP contribution in [-0.4, -0.2) is 40.6 Å². The third kappa shape index (κ3) is 6.29. The lowest BCUT2D eigenvalue weighted by atomic mass is 10.2. The summed E-state index contributed by atoms with van der Waals surface area (Å²) in [4.78, 5) is 18.7. The Bertz CT molecular complexity index is 468. The lowest BCUT2D eigenvalue weighted by molar-refractivity contribution is 0.269. The molecular formula is C16H30N4O. The van der Waals surface area contributed by atoms with Gasteiger partial charge in [0.15, 0.2) is 5.82 Å². The predicted molar refractivity (Wildman–Crippen MR) is 88.8 cm³/mol. The van der Waals surface area contributed by atoms with Crippen LogP contribution in [0.25, 0.3) is 0 Å². The maximum absolute atomic E-state index is 12.2. The van der Waals surface area contributed by atoms with Gasteiger partial charge in [0.05, 0.1) is 0 Å². The van der Waals surface area contributed by atoms with Crippen LogP contribution < -0.4 is 10.9 Å². The van der Waals surface area contributed by atoms with Gasteiger partial charge in [-0.15, -0.1) is 0 Å². The highest BCUT2D eigenvalue weighted by Gasteiger charge is 2.06. The van der Waals surface area contributed by atoms with E-state index in [0.29, 0.717) is 17.8 Å². The van der Waals surface area contributed by atoms with Gasteiger partial charge < -0.3 is 14.8 Å². The van der Waals surface area contributed by atoms with Crippen LogP contribution in [0.4, 0.5) is 5.82 Å². The molecule has 0 amide bonds. The summed E-state index contributed by atoms with van der Waals surface area (Å²) in [6.45, 7) is 11.2. The first-order valence-electron chi connectivity index (χ1n) is 7.91. The number of nitrogens with one attached hydrogen (secondary N) is 1. The second kappa shape index (κ2) is 8.82. The van der Waals surface area contributed by atoms with Crippen LogP contribution in [0.2, 0.25) is 0 Å². The van der Waals surface area contributed by atoms with Gasteiger partial charge in [-0.05, 0) is 46.2 Å². The SMILES string of the molecule is CC(C)Cn1ccnc(NCCCCN(C)C(C)C)c1=O. The van der Waals surface area contributed by atoms with Crippen LogP contribution in [0.15, 0.2) is 17.2 Å². The van der Waals surface area contributed by atoms with Crippen molar-refractivity contribution >= 4 is 5.82 Å². The van der Waals surface area contributed by atoms with Crippen molar-refractivity contribution in [2.75, 3.05) is 25.5 Å². The standard InChI is InChI=1S/C16H30N4O/c1-13(2)12-20-11-9-18-15(16(20)21)17-8-6-7-10-19(5)14(3)4/h9,11,13-14H,6-8,10,12H2,1-5H3,(H,17,18). The Balaban J connectivity index is 2.41. The summed E-state index contributed by atoms with van der Waals surface area (Å²) in [5.41, 5.74) is -0.0227. The van der Waals surface area contributed by atoms with E-state index in [0.717, 1.165) is 32.5 Å². The lowest BCUT2D eigenvalue weighted by Gasteiger charge is -2.20. The third-order valence-corrected chi connectivity index (χ3v) is 3.59. The van der Waals surface area contributed by atoms with Crippen LogP contribution in [0.5, 0.6) is 0 Å². The van der Waals surface area contributed by atoms with Crippen LogP contribution >= 0.6 is 0 Å². The topological polar surface area (TPSA) is 50.2 Å². The fraction of sp³-hybridized carbons (Fsp3) is 0.750. The molecule has 1 aromatic rings. The van der Waals surface area contributed by atoms with Gasteiger partial charge in [0.25, 0.3) is 5.56 Å². The number of hydrogen-bond donors (Lipinski definition) is 1. The molecule has 0 aliphatic carbocycles. The van der Waals surface area contributed by atoms with Gasteiger partial charge in [-0.3, -0.25) is 4.79 Å². The second-order valence-corrected chi connectivity index (χ2v) is 6.34. The summed E-state index contributed by atoms with van der Waals surface area (Å²) in [5.74, 6) is 0.917. The Morgan fingerprint density at radius 2 is 2.00 bits per heavy atom. The van der Waals surface area contributed by atoms with E-state index in [-0.39, 0.29) is 5.56 Å². The Hall–Kier alpha value is -1.36. The van der Waals surface area contributed by atoms with Crippen LogP contribution in [0.1, 0.15) is 40.5 Å². The molecular weight excluding hydrogens is 264 g/mol. The second-order valence-electron chi connectivity index (χ2n) is 6.34. The molecule has 0 aliphatic heterocycles. The van der Waals surface area contributed by atoms with Gasteiger partial charge in [-0.25, -0.2) is 4.98 Å².